The molecule has 0 saturated carbocycles. The van der Waals surface area contributed by atoms with E-state index in [-0.39, 0.29) is 5.69 Å². The summed E-state index contributed by atoms with van der Waals surface area (Å²) in [6.45, 7) is -0.944. The van der Waals surface area contributed by atoms with Crippen LogP contribution in [0.15, 0.2) is 29.4 Å². The van der Waals surface area contributed by atoms with Crippen LogP contribution in [0.4, 0.5) is 11.4 Å². The molecule has 0 saturated heterocycles. The maximum atomic E-state index is 12.3. The quantitative estimate of drug-likeness (QED) is 0.445. The molecule has 2 atom stereocenters. The molecule has 1 aliphatic heterocycles. The number of benzene rings is 1. The van der Waals surface area contributed by atoms with Crippen molar-refractivity contribution in [2.75, 3.05) is 18.5 Å². The average molecular weight is 255 g/mol. The highest BCUT2D eigenvalue weighted by Gasteiger charge is 2.33. The van der Waals surface area contributed by atoms with E-state index in [0.29, 0.717) is 5.69 Å². The van der Waals surface area contributed by atoms with Crippen molar-refractivity contribution in [2.45, 2.75) is 6.10 Å². The summed E-state index contributed by atoms with van der Waals surface area (Å²) in [7, 11) is 0. The van der Waals surface area contributed by atoms with Crippen LogP contribution < -0.4 is 10.2 Å². The minimum atomic E-state index is -1.61. The highest BCUT2D eigenvalue weighted by atomic mass is 17.0. The van der Waals surface area contributed by atoms with E-state index in [4.69, 9.17) is 15.1 Å². The molecule has 4 N–H and O–H groups in total. The molecule has 0 spiro atoms. The van der Waals surface area contributed by atoms with Gasteiger partial charge in [0.05, 0.1) is 6.61 Å². The molecule has 1 aliphatic rings. The van der Waals surface area contributed by atoms with Crippen LogP contribution in [0.5, 0.6) is 0 Å². The van der Waals surface area contributed by atoms with E-state index in [1.54, 1.807) is 18.2 Å². The first-order chi connectivity index (χ1) is 8.55. The topological polar surface area (TPSA) is 117 Å². The summed E-state index contributed by atoms with van der Waals surface area (Å²) in [6, 6.07) is 5.78. The van der Waals surface area contributed by atoms with Gasteiger partial charge in [0.2, 0.25) is 5.69 Å². The van der Waals surface area contributed by atoms with Crippen molar-refractivity contribution in [3.05, 3.63) is 29.5 Å². The molecule has 0 radical (unpaired) electrons. The maximum absolute atomic E-state index is 12.3. The van der Waals surface area contributed by atoms with E-state index in [1.807, 2.05) is 0 Å². The highest BCUT2D eigenvalue weighted by molar-refractivity contribution is 5.93. The SMILES string of the molecule is [O-][N+]1(OCC(O)CO)N=C(O)Nc2ccccc21. The van der Waals surface area contributed by atoms with E-state index in [2.05, 4.69) is 10.4 Å². The normalized spacial score (nSPS) is 23.8. The van der Waals surface area contributed by atoms with E-state index >= 15 is 0 Å². The Morgan fingerprint density at radius 2 is 2.17 bits per heavy atom. The number of nitrogens with zero attached hydrogens (tertiary/aromatic N) is 2. The number of hydrogen-bond acceptors (Lipinski definition) is 6. The largest absolute Gasteiger partial charge is 0.565 e. The summed E-state index contributed by atoms with van der Waals surface area (Å²) in [6.07, 6.45) is -1.19. The van der Waals surface area contributed by atoms with Crippen molar-refractivity contribution in [3.63, 3.8) is 0 Å². The van der Waals surface area contributed by atoms with Crippen LogP contribution in [0.25, 0.3) is 0 Å². The van der Waals surface area contributed by atoms with E-state index in [0.717, 1.165) is 0 Å². The van der Waals surface area contributed by atoms with Gasteiger partial charge in [-0.15, -0.1) is 0 Å². The van der Waals surface area contributed by atoms with Gasteiger partial charge in [-0.2, -0.15) is 4.84 Å². The number of amidine groups is 1. The second-order valence-corrected chi connectivity index (χ2v) is 3.72. The zero-order valence-corrected chi connectivity index (χ0v) is 9.35. The molecule has 0 amide bonds. The van der Waals surface area contributed by atoms with Crippen molar-refractivity contribution in [1.82, 2.24) is 4.92 Å². The lowest BCUT2D eigenvalue weighted by molar-refractivity contribution is -0.142. The van der Waals surface area contributed by atoms with Gasteiger partial charge in [-0.25, -0.2) is 0 Å². The van der Waals surface area contributed by atoms with E-state index in [1.165, 1.54) is 6.07 Å². The summed E-state index contributed by atoms with van der Waals surface area (Å²) < 4.78 is 0. The predicted octanol–water partition coefficient (Wildman–Crippen LogP) is 0.0310. The van der Waals surface area contributed by atoms with Gasteiger partial charge < -0.3 is 25.8 Å². The lowest BCUT2D eigenvalue weighted by atomic mass is 10.2. The molecule has 8 heteroatoms. The second kappa shape index (κ2) is 4.88. The van der Waals surface area contributed by atoms with Gasteiger partial charge in [0, 0.05) is 11.2 Å². The monoisotopic (exact) mass is 255 g/mol. The number of fused-ring (bicyclic) bond motifs is 1. The van der Waals surface area contributed by atoms with Crippen LogP contribution in [-0.2, 0) is 4.84 Å². The fourth-order valence-electron chi connectivity index (χ4n) is 1.49. The fourth-order valence-corrected chi connectivity index (χ4v) is 1.49. The number of quaternary nitrogens is 1. The van der Waals surface area contributed by atoms with Crippen LogP contribution in [0.2, 0.25) is 0 Å². The van der Waals surface area contributed by atoms with Crippen molar-refractivity contribution in [2.24, 2.45) is 5.10 Å². The summed E-state index contributed by atoms with van der Waals surface area (Å²) in [5.41, 5.74) is 0.499. The standard InChI is InChI=1S/C10H13N3O5/c14-5-7(15)6-18-13(17)9-4-2-1-3-8(9)11-10(16)12-13/h1-4,7,14-15H,5-6H2,(H2,11,12,16). The summed E-state index contributed by atoms with van der Waals surface area (Å²) >= 11 is 0. The van der Waals surface area contributed by atoms with Crippen molar-refractivity contribution in [3.8, 4) is 0 Å². The Bertz CT molecular complexity index is 467. The summed E-state index contributed by atoms with van der Waals surface area (Å²) in [4.78, 5) is 3.30. The molecule has 0 bridgehead atoms. The third kappa shape index (κ3) is 2.42. The lowest BCUT2D eigenvalue weighted by Crippen LogP contribution is -2.45. The number of rotatable bonds is 4. The van der Waals surface area contributed by atoms with Crippen LogP contribution in [-0.4, -0.2) is 40.7 Å². The maximum Gasteiger partial charge on any atom is 0.347 e. The van der Waals surface area contributed by atoms with Crippen LogP contribution in [0.1, 0.15) is 0 Å². The fraction of sp³-hybridized carbons (Fsp3) is 0.300. The smallest absolute Gasteiger partial charge is 0.347 e. The Morgan fingerprint density at radius 3 is 2.89 bits per heavy atom. The Kier molecular flexibility index (Phi) is 3.45. The van der Waals surface area contributed by atoms with Crippen molar-refractivity contribution in [1.29, 1.82) is 0 Å². The molecule has 1 heterocycles. The first-order valence-electron chi connectivity index (χ1n) is 5.24. The summed E-state index contributed by atoms with van der Waals surface area (Å²) in [5.74, 6) is 0. The van der Waals surface area contributed by atoms with Gasteiger partial charge >= 0.3 is 6.02 Å². The Morgan fingerprint density at radius 1 is 1.44 bits per heavy atom. The molecule has 2 unspecified atom stereocenters. The van der Waals surface area contributed by atoms with E-state index in [9.17, 15) is 10.3 Å². The molecular formula is C10H13N3O5. The minimum absolute atomic E-state index is 0.139. The van der Waals surface area contributed by atoms with Gasteiger partial charge in [-0.1, -0.05) is 12.1 Å². The molecule has 8 nitrogen and oxygen atoms in total. The van der Waals surface area contributed by atoms with Gasteiger partial charge in [0.25, 0.3) is 0 Å². The minimum Gasteiger partial charge on any atom is -0.565 e. The highest BCUT2D eigenvalue weighted by Crippen LogP contribution is 2.34. The predicted molar refractivity (Wildman–Crippen MR) is 64.3 cm³/mol. The number of aliphatic hydroxyl groups excluding tert-OH is 3. The molecule has 0 fully saturated rings. The zero-order chi connectivity index (χ0) is 13.2. The lowest BCUT2D eigenvalue weighted by Gasteiger charge is -2.35. The third-order valence-corrected chi connectivity index (χ3v) is 2.33. The molecular weight excluding hydrogens is 242 g/mol. The van der Waals surface area contributed by atoms with Gasteiger partial charge in [0.15, 0.2) is 0 Å². The summed E-state index contributed by atoms with van der Waals surface area (Å²) in [5, 5.41) is 45.4. The van der Waals surface area contributed by atoms with Crippen LogP contribution >= 0.6 is 0 Å². The molecule has 2 rings (SSSR count). The number of nitrogens with one attached hydrogen (secondary N) is 1. The number of para-hydroxylation sites is 1. The average Bonchev–Trinajstić information content (AvgIpc) is 2.36. The van der Waals surface area contributed by atoms with Crippen molar-refractivity contribution >= 4 is 17.4 Å². The molecule has 0 aromatic heterocycles. The van der Waals surface area contributed by atoms with Crippen molar-refractivity contribution < 1.29 is 20.2 Å². The number of anilines is 1. The van der Waals surface area contributed by atoms with Crippen LogP contribution in [0.3, 0.4) is 0 Å². The first-order valence-corrected chi connectivity index (χ1v) is 5.24. The zero-order valence-electron chi connectivity index (χ0n) is 9.35. The van der Waals surface area contributed by atoms with Gasteiger partial charge in [0.1, 0.15) is 18.4 Å². The Labute approximate surface area is 102 Å². The first kappa shape index (κ1) is 12.7. The molecule has 98 valence electrons. The number of aliphatic hydroxyl groups is 3. The van der Waals surface area contributed by atoms with Gasteiger partial charge in [-0.05, 0) is 11.0 Å². The molecule has 1 aromatic rings. The molecule has 1 aromatic carbocycles. The third-order valence-electron chi connectivity index (χ3n) is 2.33. The number of hydrogen-bond donors (Lipinski definition) is 4. The Balaban J connectivity index is 2.26. The van der Waals surface area contributed by atoms with Crippen LogP contribution in [0, 0.1) is 5.21 Å². The molecule has 18 heavy (non-hydrogen) atoms. The Hall–Kier alpha value is -1.71. The van der Waals surface area contributed by atoms with Gasteiger partial charge in [-0.3, -0.25) is 0 Å². The molecule has 0 aliphatic carbocycles. The van der Waals surface area contributed by atoms with E-state index < -0.39 is 30.3 Å². The second-order valence-electron chi connectivity index (χ2n) is 3.72.